The maximum Gasteiger partial charge on any atom is 0.240 e. The van der Waals surface area contributed by atoms with E-state index in [1.165, 1.54) is 23.5 Å². The summed E-state index contributed by atoms with van der Waals surface area (Å²) >= 11 is 1.47. The number of benzene rings is 2. The van der Waals surface area contributed by atoms with E-state index >= 15 is 0 Å². The Bertz CT molecular complexity index is 882. The number of fused-ring (bicyclic) bond motifs is 1. The van der Waals surface area contributed by atoms with E-state index in [9.17, 15) is 13.5 Å². The minimum Gasteiger partial charge on any atom is -0.383 e. The van der Waals surface area contributed by atoms with Gasteiger partial charge in [-0.1, -0.05) is 36.4 Å². The number of rotatable bonds is 5. The van der Waals surface area contributed by atoms with Gasteiger partial charge in [0.25, 0.3) is 0 Å². The molecular weight excluding hydrogens is 330 g/mol. The summed E-state index contributed by atoms with van der Waals surface area (Å²) in [5, 5.41) is 11.7. The number of nitrogens with one attached hydrogen (secondary N) is 1. The first-order valence-electron chi connectivity index (χ1n) is 7.15. The molecule has 0 bridgehead atoms. The van der Waals surface area contributed by atoms with Crippen LogP contribution in [-0.2, 0) is 15.6 Å². The van der Waals surface area contributed by atoms with Crippen molar-refractivity contribution in [2.75, 3.05) is 6.54 Å². The van der Waals surface area contributed by atoms with E-state index in [1.807, 2.05) is 30.3 Å². The second-order valence-corrected chi connectivity index (χ2v) is 8.41. The van der Waals surface area contributed by atoms with Crippen molar-refractivity contribution in [2.45, 2.75) is 17.4 Å². The van der Waals surface area contributed by atoms with Crippen molar-refractivity contribution >= 4 is 31.4 Å². The third-order valence-corrected chi connectivity index (χ3v) is 6.40. The Hall–Kier alpha value is -1.73. The van der Waals surface area contributed by atoms with Crippen LogP contribution >= 0.6 is 11.3 Å². The van der Waals surface area contributed by atoms with Crippen LogP contribution in [0.2, 0.25) is 0 Å². The van der Waals surface area contributed by atoms with E-state index in [4.69, 9.17) is 0 Å². The fourth-order valence-electron chi connectivity index (χ4n) is 2.25. The Labute approximate surface area is 139 Å². The monoisotopic (exact) mass is 347 g/mol. The fraction of sp³-hybridized carbons (Fsp3) is 0.176. The quantitative estimate of drug-likeness (QED) is 0.745. The van der Waals surface area contributed by atoms with Gasteiger partial charge in [0.15, 0.2) is 0 Å². The lowest BCUT2D eigenvalue weighted by atomic mass is 10.1. The van der Waals surface area contributed by atoms with Crippen LogP contribution in [0.15, 0.2) is 65.6 Å². The molecule has 23 heavy (non-hydrogen) atoms. The zero-order valence-electron chi connectivity index (χ0n) is 12.6. The molecule has 0 saturated carbocycles. The highest BCUT2D eigenvalue weighted by Gasteiger charge is 2.28. The molecule has 1 heterocycles. The van der Waals surface area contributed by atoms with Gasteiger partial charge in [0.05, 0.1) is 4.90 Å². The minimum atomic E-state index is -3.64. The number of thiophene rings is 1. The average molecular weight is 347 g/mol. The molecule has 0 radical (unpaired) electrons. The van der Waals surface area contributed by atoms with E-state index in [1.54, 1.807) is 25.1 Å². The van der Waals surface area contributed by atoms with E-state index in [-0.39, 0.29) is 11.4 Å². The van der Waals surface area contributed by atoms with Crippen molar-refractivity contribution in [3.8, 4) is 0 Å². The molecule has 2 aromatic carbocycles. The van der Waals surface area contributed by atoms with Gasteiger partial charge >= 0.3 is 0 Å². The molecule has 0 aliphatic carbocycles. The third kappa shape index (κ3) is 3.45. The second-order valence-electron chi connectivity index (χ2n) is 5.56. The lowest BCUT2D eigenvalue weighted by Gasteiger charge is -2.22. The third-order valence-electron chi connectivity index (χ3n) is 3.62. The van der Waals surface area contributed by atoms with E-state index in [0.717, 1.165) is 15.0 Å². The Morgan fingerprint density at radius 3 is 2.43 bits per heavy atom. The topological polar surface area (TPSA) is 66.4 Å². The summed E-state index contributed by atoms with van der Waals surface area (Å²) in [5.41, 5.74) is -1.27. The van der Waals surface area contributed by atoms with Gasteiger partial charge in [0, 0.05) is 16.1 Å². The Kier molecular flexibility index (Phi) is 4.25. The first kappa shape index (κ1) is 16.1. The van der Waals surface area contributed by atoms with Gasteiger partial charge in [-0.2, -0.15) is 0 Å². The normalized spacial score (nSPS) is 14.7. The summed E-state index contributed by atoms with van der Waals surface area (Å²) in [5.74, 6) is 0. The SMILES string of the molecule is CC(O)(CNS(=O)(=O)c1ccccc1)c1cc2ccccc2s1. The number of hydrogen-bond donors (Lipinski definition) is 2. The molecule has 0 aliphatic rings. The van der Waals surface area contributed by atoms with Gasteiger partial charge in [-0.25, -0.2) is 13.1 Å². The Morgan fingerprint density at radius 1 is 1.09 bits per heavy atom. The summed E-state index contributed by atoms with van der Waals surface area (Å²) in [7, 11) is -3.64. The largest absolute Gasteiger partial charge is 0.383 e. The van der Waals surface area contributed by atoms with Gasteiger partial charge in [0.1, 0.15) is 5.60 Å². The van der Waals surface area contributed by atoms with E-state index in [2.05, 4.69) is 4.72 Å². The smallest absolute Gasteiger partial charge is 0.240 e. The maximum atomic E-state index is 12.3. The lowest BCUT2D eigenvalue weighted by molar-refractivity contribution is 0.0666. The molecule has 0 amide bonds. The lowest BCUT2D eigenvalue weighted by Crippen LogP contribution is -2.38. The van der Waals surface area contributed by atoms with Crippen LogP contribution in [0.3, 0.4) is 0 Å². The van der Waals surface area contributed by atoms with Crippen LogP contribution in [0.5, 0.6) is 0 Å². The molecule has 1 aromatic heterocycles. The molecule has 2 N–H and O–H groups in total. The fourth-order valence-corrected chi connectivity index (χ4v) is 4.51. The molecule has 3 rings (SSSR count). The van der Waals surface area contributed by atoms with Crippen molar-refractivity contribution < 1.29 is 13.5 Å². The highest BCUT2D eigenvalue weighted by molar-refractivity contribution is 7.89. The van der Waals surface area contributed by atoms with Crippen molar-refractivity contribution in [1.29, 1.82) is 0 Å². The molecule has 0 spiro atoms. The summed E-state index contributed by atoms with van der Waals surface area (Å²) in [6, 6.07) is 17.9. The molecule has 3 aromatic rings. The van der Waals surface area contributed by atoms with Crippen LogP contribution in [0.4, 0.5) is 0 Å². The van der Waals surface area contributed by atoms with Crippen LogP contribution in [0.1, 0.15) is 11.8 Å². The predicted molar refractivity (Wildman–Crippen MR) is 93.0 cm³/mol. The molecular formula is C17H17NO3S2. The average Bonchev–Trinajstić information content (AvgIpc) is 2.99. The standard InChI is InChI=1S/C17H17NO3S2/c1-17(19,16-11-13-7-5-6-10-15(13)22-16)12-18-23(20,21)14-8-3-2-4-9-14/h2-11,18-19H,12H2,1H3. The summed E-state index contributed by atoms with van der Waals surface area (Å²) in [6.45, 7) is 1.53. The van der Waals surface area contributed by atoms with Crippen molar-refractivity contribution in [2.24, 2.45) is 0 Å². The van der Waals surface area contributed by atoms with Crippen LogP contribution < -0.4 is 4.72 Å². The molecule has 1 unspecified atom stereocenters. The van der Waals surface area contributed by atoms with E-state index < -0.39 is 15.6 Å². The molecule has 6 heteroatoms. The zero-order valence-corrected chi connectivity index (χ0v) is 14.2. The molecule has 120 valence electrons. The van der Waals surface area contributed by atoms with Crippen molar-refractivity contribution in [3.63, 3.8) is 0 Å². The number of sulfonamides is 1. The van der Waals surface area contributed by atoms with Gasteiger partial charge in [-0.05, 0) is 36.6 Å². The Balaban J connectivity index is 1.81. The van der Waals surface area contributed by atoms with Gasteiger partial charge < -0.3 is 5.11 Å². The van der Waals surface area contributed by atoms with Crippen molar-refractivity contribution in [1.82, 2.24) is 4.72 Å². The first-order valence-corrected chi connectivity index (χ1v) is 9.45. The maximum absolute atomic E-state index is 12.3. The van der Waals surface area contributed by atoms with E-state index in [0.29, 0.717) is 0 Å². The van der Waals surface area contributed by atoms with Gasteiger partial charge in [0.2, 0.25) is 10.0 Å². The zero-order chi connectivity index (χ0) is 16.5. The molecule has 0 aliphatic heterocycles. The number of hydrogen-bond acceptors (Lipinski definition) is 4. The Morgan fingerprint density at radius 2 is 1.74 bits per heavy atom. The van der Waals surface area contributed by atoms with Gasteiger partial charge in [-0.3, -0.25) is 0 Å². The summed E-state index contributed by atoms with van der Waals surface area (Å²) in [4.78, 5) is 0.918. The minimum absolute atomic E-state index is 0.0863. The van der Waals surface area contributed by atoms with Crippen LogP contribution in [-0.4, -0.2) is 20.1 Å². The predicted octanol–water partition coefficient (Wildman–Crippen LogP) is 3.09. The van der Waals surface area contributed by atoms with Crippen molar-refractivity contribution in [3.05, 3.63) is 65.5 Å². The van der Waals surface area contributed by atoms with Crippen LogP contribution in [0, 0.1) is 0 Å². The highest BCUT2D eigenvalue weighted by atomic mass is 32.2. The molecule has 1 atom stereocenters. The second kappa shape index (κ2) is 6.05. The summed E-state index contributed by atoms with van der Waals surface area (Å²) < 4.78 is 28.1. The molecule has 4 nitrogen and oxygen atoms in total. The number of aliphatic hydroxyl groups is 1. The first-order chi connectivity index (χ1) is 10.9. The highest BCUT2D eigenvalue weighted by Crippen LogP contribution is 2.33. The van der Waals surface area contributed by atoms with Gasteiger partial charge in [-0.15, -0.1) is 11.3 Å². The van der Waals surface area contributed by atoms with Crippen LogP contribution in [0.25, 0.3) is 10.1 Å². The summed E-state index contributed by atoms with van der Waals surface area (Å²) in [6.07, 6.45) is 0. The molecule has 0 saturated heterocycles. The molecule has 0 fully saturated rings.